The van der Waals surface area contributed by atoms with Gasteiger partial charge >= 0.3 is 0 Å². The van der Waals surface area contributed by atoms with E-state index in [9.17, 15) is 4.79 Å². The number of hydrogen-bond donors (Lipinski definition) is 1. The van der Waals surface area contributed by atoms with Crippen LogP contribution in [0.25, 0.3) is 0 Å². The zero-order valence-corrected chi connectivity index (χ0v) is 14.0. The van der Waals surface area contributed by atoms with E-state index < -0.39 is 0 Å². The minimum atomic E-state index is -0.00606. The highest BCUT2D eigenvalue weighted by Gasteiger charge is 2.14. The molecule has 0 spiro atoms. The van der Waals surface area contributed by atoms with Crippen molar-refractivity contribution in [3.05, 3.63) is 60.2 Å². The first kappa shape index (κ1) is 16.9. The average molecular weight is 312 g/mol. The molecule has 2 aromatic carbocycles. The fourth-order valence-electron chi connectivity index (χ4n) is 2.44. The second-order valence-electron chi connectivity index (χ2n) is 5.65. The zero-order valence-electron chi connectivity index (χ0n) is 14.0. The molecule has 4 nitrogen and oxygen atoms in total. The van der Waals surface area contributed by atoms with Gasteiger partial charge in [0.05, 0.1) is 13.7 Å². The van der Waals surface area contributed by atoms with Gasteiger partial charge in [-0.3, -0.25) is 4.79 Å². The molecule has 2 rings (SSSR count). The molecule has 0 radical (unpaired) electrons. The zero-order chi connectivity index (χ0) is 16.7. The first-order valence-corrected chi connectivity index (χ1v) is 7.82. The summed E-state index contributed by atoms with van der Waals surface area (Å²) in [5.41, 5.74) is 2.02. The number of nitrogens with one attached hydrogen (secondary N) is 1. The van der Waals surface area contributed by atoms with Crippen LogP contribution < -0.4 is 15.0 Å². The third-order valence-corrected chi connectivity index (χ3v) is 3.69. The third kappa shape index (κ3) is 4.74. The van der Waals surface area contributed by atoms with Crippen molar-refractivity contribution in [2.45, 2.75) is 26.4 Å². The molecule has 122 valence electrons. The number of nitrogens with zero attached hydrogens (tertiary/aromatic N) is 1. The van der Waals surface area contributed by atoms with E-state index in [4.69, 9.17) is 4.74 Å². The van der Waals surface area contributed by atoms with Crippen molar-refractivity contribution in [2.24, 2.45) is 0 Å². The summed E-state index contributed by atoms with van der Waals surface area (Å²) in [6, 6.07) is 17.9. The first-order chi connectivity index (χ1) is 11.1. The summed E-state index contributed by atoms with van der Waals surface area (Å²) in [5.74, 6) is 0.782. The molecule has 0 saturated carbocycles. The van der Waals surface area contributed by atoms with E-state index in [0.29, 0.717) is 13.1 Å². The Bertz CT molecular complexity index is 626. The van der Waals surface area contributed by atoms with Crippen molar-refractivity contribution in [3.63, 3.8) is 0 Å². The van der Waals surface area contributed by atoms with E-state index in [1.54, 1.807) is 7.11 Å². The summed E-state index contributed by atoms with van der Waals surface area (Å²) >= 11 is 0. The number of hydrogen-bond acceptors (Lipinski definition) is 3. The molecule has 0 aliphatic carbocycles. The normalized spacial score (nSPS) is 10.4. The largest absolute Gasteiger partial charge is 0.496 e. The fourth-order valence-corrected chi connectivity index (χ4v) is 2.44. The molecule has 1 amide bonds. The fraction of sp³-hybridized carbons (Fsp3) is 0.316. The smallest absolute Gasteiger partial charge is 0.239 e. The minimum absolute atomic E-state index is 0.00606. The van der Waals surface area contributed by atoms with Crippen LogP contribution >= 0.6 is 0 Å². The monoisotopic (exact) mass is 312 g/mol. The molecule has 0 unspecified atom stereocenters. The van der Waals surface area contributed by atoms with E-state index in [-0.39, 0.29) is 11.9 Å². The number of ether oxygens (including phenoxy) is 1. The number of benzene rings is 2. The Morgan fingerprint density at radius 3 is 2.39 bits per heavy atom. The van der Waals surface area contributed by atoms with Crippen LogP contribution in [0.2, 0.25) is 0 Å². The Balaban J connectivity index is 1.97. The number of methoxy groups -OCH3 is 1. The van der Waals surface area contributed by atoms with Crippen LogP contribution in [0.5, 0.6) is 5.75 Å². The van der Waals surface area contributed by atoms with Gasteiger partial charge in [-0.15, -0.1) is 0 Å². The van der Waals surface area contributed by atoms with E-state index in [0.717, 1.165) is 17.0 Å². The molecule has 1 N–H and O–H groups in total. The van der Waals surface area contributed by atoms with E-state index in [1.165, 1.54) is 0 Å². The Labute approximate surface area is 138 Å². The van der Waals surface area contributed by atoms with Crippen LogP contribution in [0, 0.1) is 0 Å². The summed E-state index contributed by atoms with van der Waals surface area (Å²) in [7, 11) is 1.64. The quantitative estimate of drug-likeness (QED) is 0.853. The van der Waals surface area contributed by atoms with Gasteiger partial charge in [0.2, 0.25) is 5.91 Å². The summed E-state index contributed by atoms with van der Waals surface area (Å²) in [6.45, 7) is 4.96. The highest BCUT2D eigenvalue weighted by atomic mass is 16.5. The lowest BCUT2D eigenvalue weighted by Gasteiger charge is -2.28. The Morgan fingerprint density at radius 1 is 1.09 bits per heavy atom. The van der Waals surface area contributed by atoms with E-state index in [1.807, 2.05) is 54.6 Å². The summed E-state index contributed by atoms with van der Waals surface area (Å²) < 4.78 is 5.30. The predicted octanol–water partition coefficient (Wildman–Crippen LogP) is 3.23. The highest BCUT2D eigenvalue weighted by molar-refractivity contribution is 5.81. The number of rotatable bonds is 7. The number of anilines is 1. The number of carbonyl (C=O) groups is 1. The Hall–Kier alpha value is -2.49. The lowest BCUT2D eigenvalue weighted by Crippen LogP contribution is -2.40. The van der Waals surface area contributed by atoms with Crippen LogP contribution in [-0.4, -0.2) is 25.6 Å². The number of carbonyl (C=O) groups excluding carboxylic acids is 1. The van der Waals surface area contributed by atoms with E-state index in [2.05, 4.69) is 24.1 Å². The van der Waals surface area contributed by atoms with E-state index >= 15 is 0 Å². The van der Waals surface area contributed by atoms with Crippen molar-refractivity contribution in [1.82, 2.24) is 5.32 Å². The maximum absolute atomic E-state index is 12.3. The topological polar surface area (TPSA) is 41.6 Å². The molecule has 4 heteroatoms. The molecule has 0 aliphatic rings. The first-order valence-electron chi connectivity index (χ1n) is 7.82. The Kier molecular flexibility index (Phi) is 6.03. The third-order valence-electron chi connectivity index (χ3n) is 3.69. The van der Waals surface area contributed by atoms with Crippen molar-refractivity contribution in [3.8, 4) is 5.75 Å². The minimum Gasteiger partial charge on any atom is -0.496 e. The molecule has 0 saturated heterocycles. The van der Waals surface area contributed by atoms with Crippen LogP contribution in [0.3, 0.4) is 0 Å². The molecule has 23 heavy (non-hydrogen) atoms. The van der Waals surface area contributed by atoms with Gasteiger partial charge in [-0.05, 0) is 32.0 Å². The molecule has 0 atom stereocenters. The van der Waals surface area contributed by atoms with Gasteiger partial charge < -0.3 is 15.0 Å². The molecule has 0 aromatic heterocycles. The second kappa shape index (κ2) is 8.22. The standard InChI is InChI=1S/C19H24N2O2/c1-15(2)21(17-10-5-4-6-11-17)14-19(22)20-13-16-9-7-8-12-18(16)23-3/h4-12,15H,13-14H2,1-3H3,(H,20,22). The molecule has 0 fully saturated rings. The van der Waals surface area contributed by atoms with Crippen molar-refractivity contribution >= 4 is 11.6 Å². The average Bonchev–Trinajstić information content (AvgIpc) is 2.58. The van der Waals surface area contributed by atoms with Crippen molar-refractivity contribution < 1.29 is 9.53 Å². The number of amides is 1. The van der Waals surface area contributed by atoms with Gasteiger partial charge in [-0.1, -0.05) is 36.4 Å². The van der Waals surface area contributed by atoms with Crippen LogP contribution in [0.1, 0.15) is 19.4 Å². The van der Waals surface area contributed by atoms with Gasteiger partial charge in [-0.25, -0.2) is 0 Å². The lowest BCUT2D eigenvalue weighted by atomic mass is 10.2. The summed E-state index contributed by atoms with van der Waals surface area (Å²) in [6.07, 6.45) is 0. The molecule has 2 aromatic rings. The summed E-state index contributed by atoms with van der Waals surface area (Å²) in [4.78, 5) is 14.4. The van der Waals surface area contributed by atoms with Crippen LogP contribution in [0.4, 0.5) is 5.69 Å². The SMILES string of the molecule is COc1ccccc1CNC(=O)CN(c1ccccc1)C(C)C. The molecular formula is C19H24N2O2. The maximum atomic E-state index is 12.3. The van der Waals surface area contributed by atoms with Gasteiger partial charge in [0.25, 0.3) is 0 Å². The van der Waals surface area contributed by atoms with Crippen molar-refractivity contribution in [1.29, 1.82) is 0 Å². The number of para-hydroxylation sites is 2. The lowest BCUT2D eigenvalue weighted by molar-refractivity contribution is -0.120. The Morgan fingerprint density at radius 2 is 1.74 bits per heavy atom. The molecular weight excluding hydrogens is 288 g/mol. The molecule has 0 aliphatic heterocycles. The highest BCUT2D eigenvalue weighted by Crippen LogP contribution is 2.18. The van der Waals surface area contributed by atoms with Gasteiger partial charge in [0.1, 0.15) is 5.75 Å². The summed E-state index contributed by atoms with van der Waals surface area (Å²) in [5, 5.41) is 2.97. The van der Waals surface area contributed by atoms with Crippen LogP contribution in [-0.2, 0) is 11.3 Å². The second-order valence-corrected chi connectivity index (χ2v) is 5.65. The predicted molar refractivity (Wildman–Crippen MR) is 93.8 cm³/mol. The van der Waals surface area contributed by atoms with Gasteiger partial charge in [0.15, 0.2) is 0 Å². The maximum Gasteiger partial charge on any atom is 0.239 e. The molecule has 0 heterocycles. The molecule has 0 bridgehead atoms. The van der Waals surface area contributed by atoms with Crippen LogP contribution in [0.15, 0.2) is 54.6 Å². The van der Waals surface area contributed by atoms with Gasteiger partial charge in [-0.2, -0.15) is 0 Å². The van der Waals surface area contributed by atoms with Gasteiger partial charge in [0, 0.05) is 23.8 Å². The van der Waals surface area contributed by atoms with Crippen molar-refractivity contribution in [2.75, 3.05) is 18.6 Å².